The summed E-state index contributed by atoms with van der Waals surface area (Å²) in [5.41, 5.74) is 1.68. The van der Waals surface area contributed by atoms with E-state index < -0.39 is 12.4 Å². The molecule has 0 saturated heterocycles. The van der Waals surface area contributed by atoms with Gasteiger partial charge in [-0.15, -0.1) is 0 Å². The Balaban J connectivity index is 1.68. The molecule has 30 heavy (non-hydrogen) atoms. The lowest BCUT2D eigenvalue weighted by atomic mass is 10.0. The molecule has 0 aliphatic rings. The SMILES string of the molecule is CNC(=O)c1cc(CCc2cnc(Nc3cnn(C(F)F)c3)nc2)c(F)c(OC)c1. The minimum absolute atomic E-state index is 0.00811. The van der Waals surface area contributed by atoms with Crippen molar-refractivity contribution in [2.24, 2.45) is 0 Å². The Kier molecular flexibility index (Phi) is 6.50. The van der Waals surface area contributed by atoms with Crippen molar-refractivity contribution < 1.29 is 22.7 Å². The Labute approximate surface area is 170 Å². The summed E-state index contributed by atoms with van der Waals surface area (Å²) in [6.07, 6.45) is 6.18. The van der Waals surface area contributed by atoms with Gasteiger partial charge in [0.1, 0.15) is 0 Å². The average Bonchev–Trinajstić information content (AvgIpc) is 3.22. The number of carbonyl (C=O) groups is 1. The average molecular weight is 420 g/mol. The molecule has 11 heteroatoms. The monoisotopic (exact) mass is 420 g/mol. The van der Waals surface area contributed by atoms with Gasteiger partial charge in [0.25, 0.3) is 5.91 Å². The molecular weight excluding hydrogens is 401 g/mol. The smallest absolute Gasteiger partial charge is 0.333 e. The molecule has 0 unspecified atom stereocenters. The van der Waals surface area contributed by atoms with Gasteiger partial charge in [-0.05, 0) is 36.1 Å². The molecule has 0 radical (unpaired) electrons. The highest BCUT2D eigenvalue weighted by Crippen LogP contribution is 2.24. The standard InChI is InChI=1S/C19H19F3N6O2/c1-23-17(29)13-5-12(16(20)15(6-13)30-2)4-3-11-7-24-19(25-8-11)27-14-9-26-28(10-14)18(21)22/h5-10,18H,3-4H2,1-2H3,(H,23,29)(H,24,25,27). The molecule has 2 heterocycles. The van der Waals surface area contributed by atoms with E-state index in [1.807, 2.05) is 0 Å². The lowest BCUT2D eigenvalue weighted by molar-refractivity contribution is 0.0566. The Morgan fingerprint density at radius 3 is 2.53 bits per heavy atom. The largest absolute Gasteiger partial charge is 0.494 e. The number of benzene rings is 1. The van der Waals surface area contributed by atoms with Crippen LogP contribution in [0.2, 0.25) is 0 Å². The zero-order chi connectivity index (χ0) is 21.7. The van der Waals surface area contributed by atoms with Gasteiger partial charge in [0.2, 0.25) is 5.95 Å². The van der Waals surface area contributed by atoms with Crippen LogP contribution < -0.4 is 15.4 Å². The second kappa shape index (κ2) is 9.25. The lowest BCUT2D eigenvalue weighted by Crippen LogP contribution is -2.18. The first kappa shape index (κ1) is 21.1. The van der Waals surface area contributed by atoms with Crippen molar-refractivity contribution in [2.45, 2.75) is 19.4 Å². The van der Waals surface area contributed by atoms with Crippen molar-refractivity contribution >= 4 is 17.5 Å². The van der Waals surface area contributed by atoms with Crippen molar-refractivity contribution in [1.29, 1.82) is 0 Å². The normalized spacial score (nSPS) is 10.9. The molecule has 8 nitrogen and oxygen atoms in total. The van der Waals surface area contributed by atoms with Crippen LogP contribution in [0.3, 0.4) is 0 Å². The quantitative estimate of drug-likeness (QED) is 0.582. The molecular formula is C19H19F3N6O2. The Morgan fingerprint density at radius 1 is 1.20 bits per heavy atom. The number of nitrogens with zero attached hydrogens (tertiary/aromatic N) is 4. The van der Waals surface area contributed by atoms with Crippen molar-refractivity contribution in [3.05, 3.63) is 59.4 Å². The number of aromatic nitrogens is 4. The first-order valence-electron chi connectivity index (χ1n) is 8.90. The number of halogens is 3. The fourth-order valence-electron chi connectivity index (χ4n) is 2.73. The van der Waals surface area contributed by atoms with E-state index in [1.54, 1.807) is 12.4 Å². The van der Waals surface area contributed by atoms with Gasteiger partial charge in [0.15, 0.2) is 11.6 Å². The van der Waals surface area contributed by atoms with E-state index in [-0.39, 0.29) is 17.6 Å². The fourth-order valence-corrected chi connectivity index (χ4v) is 2.73. The van der Waals surface area contributed by atoms with Gasteiger partial charge in [0.05, 0.1) is 25.2 Å². The third kappa shape index (κ3) is 4.85. The van der Waals surface area contributed by atoms with Gasteiger partial charge in [0, 0.05) is 25.0 Å². The van der Waals surface area contributed by atoms with E-state index in [0.717, 1.165) is 11.8 Å². The molecule has 0 spiro atoms. The molecule has 2 aromatic heterocycles. The second-order valence-electron chi connectivity index (χ2n) is 6.26. The number of aryl methyl sites for hydroxylation is 2. The van der Waals surface area contributed by atoms with Crippen LogP contribution in [0.4, 0.5) is 24.8 Å². The molecule has 0 bridgehead atoms. The molecule has 0 fully saturated rings. The van der Waals surface area contributed by atoms with Crippen LogP contribution in [0.15, 0.2) is 36.9 Å². The maximum absolute atomic E-state index is 14.5. The molecule has 1 aromatic carbocycles. The number of anilines is 2. The van der Waals surface area contributed by atoms with Gasteiger partial charge in [-0.3, -0.25) is 4.79 Å². The number of carbonyl (C=O) groups excluding carboxylic acids is 1. The highest BCUT2D eigenvalue weighted by molar-refractivity contribution is 5.94. The van der Waals surface area contributed by atoms with Crippen molar-refractivity contribution in [3.8, 4) is 5.75 Å². The van der Waals surface area contributed by atoms with E-state index in [0.29, 0.717) is 34.3 Å². The summed E-state index contributed by atoms with van der Waals surface area (Å²) >= 11 is 0. The Hall–Kier alpha value is -3.63. The zero-order valence-electron chi connectivity index (χ0n) is 16.2. The maximum Gasteiger partial charge on any atom is 0.333 e. The lowest BCUT2D eigenvalue weighted by Gasteiger charge is -2.11. The van der Waals surface area contributed by atoms with Crippen molar-refractivity contribution in [3.63, 3.8) is 0 Å². The predicted octanol–water partition coefficient (Wildman–Crippen LogP) is 3.10. The van der Waals surface area contributed by atoms with Gasteiger partial charge in [-0.2, -0.15) is 13.9 Å². The van der Waals surface area contributed by atoms with Crippen LogP contribution in [-0.2, 0) is 12.8 Å². The topological polar surface area (TPSA) is 94.0 Å². The van der Waals surface area contributed by atoms with Crippen LogP contribution in [0.25, 0.3) is 0 Å². The van der Waals surface area contributed by atoms with E-state index in [2.05, 4.69) is 25.7 Å². The third-order valence-electron chi connectivity index (χ3n) is 4.27. The van der Waals surface area contributed by atoms with Crippen LogP contribution in [-0.4, -0.2) is 39.8 Å². The maximum atomic E-state index is 14.5. The summed E-state index contributed by atoms with van der Waals surface area (Å²) in [5.74, 6) is -0.669. The summed E-state index contributed by atoms with van der Waals surface area (Å²) in [4.78, 5) is 20.1. The first-order chi connectivity index (χ1) is 14.4. The second-order valence-corrected chi connectivity index (χ2v) is 6.26. The highest BCUT2D eigenvalue weighted by atomic mass is 19.3. The predicted molar refractivity (Wildman–Crippen MR) is 103 cm³/mol. The molecule has 158 valence electrons. The van der Waals surface area contributed by atoms with Crippen molar-refractivity contribution in [1.82, 2.24) is 25.1 Å². The molecule has 3 aromatic rings. The number of alkyl halides is 2. The van der Waals surface area contributed by atoms with Crippen LogP contribution in [0, 0.1) is 5.82 Å². The van der Waals surface area contributed by atoms with Gasteiger partial charge < -0.3 is 15.4 Å². The highest BCUT2D eigenvalue weighted by Gasteiger charge is 2.15. The van der Waals surface area contributed by atoms with E-state index in [1.165, 1.54) is 32.5 Å². The third-order valence-corrected chi connectivity index (χ3v) is 4.27. The van der Waals surface area contributed by atoms with Crippen LogP contribution >= 0.6 is 0 Å². The number of hydrogen-bond acceptors (Lipinski definition) is 6. The molecule has 0 aliphatic heterocycles. The molecule has 2 N–H and O–H groups in total. The summed E-state index contributed by atoms with van der Waals surface area (Å²) < 4.78 is 45.1. The minimum atomic E-state index is -2.73. The minimum Gasteiger partial charge on any atom is -0.494 e. The molecule has 0 atom stereocenters. The zero-order valence-corrected chi connectivity index (χ0v) is 16.2. The van der Waals surface area contributed by atoms with Gasteiger partial charge in [-0.1, -0.05) is 0 Å². The van der Waals surface area contributed by atoms with Crippen LogP contribution in [0.5, 0.6) is 5.75 Å². The summed E-state index contributed by atoms with van der Waals surface area (Å²) in [5, 5.41) is 8.78. The number of rotatable bonds is 8. The Morgan fingerprint density at radius 2 is 1.93 bits per heavy atom. The van der Waals surface area contributed by atoms with Gasteiger partial charge >= 0.3 is 6.55 Å². The van der Waals surface area contributed by atoms with E-state index >= 15 is 0 Å². The van der Waals surface area contributed by atoms with E-state index in [9.17, 15) is 18.0 Å². The molecule has 0 saturated carbocycles. The summed E-state index contributed by atoms with van der Waals surface area (Å²) in [6.45, 7) is -2.73. The molecule has 1 amide bonds. The number of amides is 1. The number of ether oxygens (including phenoxy) is 1. The van der Waals surface area contributed by atoms with Gasteiger partial charge in [-0.25, -0.2) is 19.0 Å². The molecule has 0 aliphatic carbocycles. The molecule has 3 rings (SSSR count). The van der Waals surface area contributed by atoms with Crippen molar-refractivity contribution in [2.75, 3.05) is 19.5 Å². The van der Waals surface area contributed by atoms with E-state index in [4.69, 9.17) is 4.74 Å². The van der Waals surface area contributed by atoms with Crippen LogP contribution in [0.1, 0.15) is 28.0 Å². The number of hydrogen-bond donors (Lipinski definition) is 2. The first-order valence-corrected chi connectivity index (χ1v) is 8.90. The number of methoxy groups -OCH3 is 1. The summed E-state index contributed by atoms with van der Waals surface area (Å²) in [6, 6.07) is 2.82. The summed E-state index contributed by atoms with van der Waals surface area (Å²) in [7, 11) is 2.82. The Bertz CT molecular complexity index is 1020. The fraction of sp³-hybridized carbons (Fsp3) is 0.263. The number of nitrogens with one attached hydrogen (secondary N) is 2.